The van der Waals surface area contributed by atoms with E-state index < -0.39 is 17.2 Å². The quantitative estimate of drug-likeness (QED) is 0.523. The van der Waals surface area contributed by atoms with E-state index in [2.05, 4.69) is 4.98 Å². The van der Waals surface area contributed by atoms with E-state index in [0.717, 1.165) is 24.5 Å². The molecule has 32 heavy (non-hydrogen) atoms. The van der Waals surface area contributed by atoms with E-state index in [4.69, 9.17) is 11.5 Å². The highest BCUT2D eigenvalue weighted by Gasteiger charge is 2.35. The molecule has 2 aromatic heterocycles. The Kier molecular flexibility index (Phi) is 4.85. The van der Waals surface area contributed by atoms with Gasteiger partial charge in [-0.3, -0.25) is 4.79 Å². The van der Waals surface area contributed by atoms with Crippen LogP contribution in [-0.4, -0.2) is 40.3 Å². The molecule has 5 rings (SSSR count). The number of anilines is 2. The minimum absolute atomic E-state index is 0.0114. The Bertz CT molecular complexity index is 1270. The van der Waals surface area contributed by atoms with Crippen molar-refractivity contribution in [3.8, 4) is 0 Å². The van der Waals surface area contributed by atoms with E-state index in [9.17, 15) is 14.7 Å². The molecule has 0 radical (unpaired) electrons. The van der Waals surface area contributed by atoms with Crippen LogP contribution in [0, 0.1) is 11.7 Å². The van der Waals surface area contributed by atoms with Gasteiger partial charge in [0.05, 0.1) is 5.39 Å². The number of carboxylic acids is 1. The summed E-state index contributed by atoms with van der Waals surface area (Å²) in [6, 6.07) is 8.81. The van der Waals surface area contributed by atoms with E-state index in [0.29, 0.717) is 31.0 Å². The Hall–Kier alpha value is -3.46. The van der Waals surface area contributed by atoms with Gasteiger partial charge in [-0.15, -0.1) is 0 Å². The third-order valence-corrected chi connectivity index (χ3v) is 6.52. The molecule has 1 aliphatic heterocycles. The molecule has 8 nitrogen and oxygen atoms in total. The first-order chi connectivity index (χ1) is 15.4. The van der Waals surface area contributed by atoms with Gasteiger partial charge in [-0.2, -0.15) is 0 Å². The van der Waals surface area contributed by atoms with Crippen LogP contribution < -0.4 is 21.8 Å². The van der Waals surface area contributed by atoms with Crippen LogP contribution in [0.25, 0.3) is 11.0 Å². The number of pyridine rings is 2. The first-order valence-corrected chi connectivity index (χ1v) is 10.7. The number of carbonyl (C=O) groups is 1. The average Bonchev–Trinajstić information content (AvgIpc) is 3.52. The molecular weight excluding hydrogens is 413 g/mol. The molecule has 2 aliphatic rings. The zero-order valence-electron chi connectivity index (χ0n) is 17.4. The molecule has 1 aromatic carbocycles. The molecule has 166 valence electrons. The number of rotatable bonds is 5. The van der Waals surface area contributed by atoms with Gasteiger partial charge in [0, 0.05) is 36.9 Å². The van der Waals surface area contributed by atoms with Crippen molar-refractivity contribution in [3.05, 3.63) is 63.7 Å². The minimum Gasteiger partial charge on any atom is -0.477 e. The molecule has 1 aliphatic carbocycles. The summed E-state index contributed by atoms with van der Waals surface area (Å²) in [7, 11) is 0. The normalized spacial score (nSPS) is 20.8. The summed E-state index contributed by atoms with van der Waals surface area (Å²) in [5.41, 5.74) is 12.8. The fraction of sp³-hybridized carbons (Fsp3) is 0.348. The Balaban J connectivity index is 1.58. The molecule has 1 saturated carbocycles. The third-order valence-electron chi connectivity index (χ3n) is 6.52. The number of aromatic carboxylic acids is 1. The number of hydrogen-bond acceptors (Lipinski definition) is 6. The van der Waals surface area contributed by atoms with Gasteiger partial charge in [0.2, 0.25) is 5.43 Å². The Labute approximate surface area is 183 Å². The number of benzene rings is 1. The standard InChI is InChI=1S/C23H24FN5O3/c24-19-7-16-20(30)18(23(31)32)11-29(15-5-6-15)21(16)27-22(19)28-9-13(8-25)17(10-28)12-1-3-14(26)4-2-12/h1-4,7,11,13,15,17H,5-6,8-10,25-26H2,(H,31,32)/t13-,17-/m1/s1. The molecule has 3 aromatic rings. The maximum absolute atomic E-state index is 15.2. The van der Waals surface area contributed by atoms with E-state index >= 15 is 4.39 Å². The second-order valence-electron chi connectivity index (χ2n) is 8.65. The number of nitrogens with two attached hydrogens (primary N) is 2. The van der Waals surface area contributed by atoms with Crippen LogP contribution in [0.2, 0.25) is 0 Å². The van der Waals surface area contributed by atoms with Gasteiger partial charge in [0.15, 0.2) is 11.6 Å². The first kappa shape index (κ1) is 20.4. The number of halogens is 1. The Morgan fingerprint density at radius 2 is 1.94 bits per heavy atom. The number of carboxylic acid groups (broad SMARTS) is 1. The predicted octanol–water partition coefficient (Wildman–Crippen LogP) is 2.33. The van der Waals surface area contributed by atoms with Crippen LogP contribution in [0.1, 0.15) is 40.7 Å². The summed E-state index contributed by atoms with van der Waals surface area (Å²) in [5.74, 6) is -1.61. The SMILES string of the molecule is NC[C@@H]1CN(c2nc3c(cc2F)c(=O)c(C(=O)O)cn3C2CC2)C[C@@H]1c1ccc(N)cc1. The number of fused-ring (bicyclic) bond motifs is 1. The molecular formula is C23H24FN5O3. The highest BCUT2D eigenvalue weighted by molar-refractivity contribution is 5.92. The van der Waals surface area contributed by atoms with Crippen molar-refractivity contribution in [1.82, 2.24) is 9.55 Å². The second kappa shape index (κ2) is 7.59. The van der Waals surface area contributed by atoms with Crippen LogP contribution in [0.4, 0.5) is 15.9 Å². The summed E-state index contributed by atoms with van der Waals surface area (Å²) >= 11 is 0. The molecule has 2 fully saturated rings. The Morgan fingerprint density at radius 1 is 1.22 bits per heavy atom. The van der Waals surface area contributed by atoms with E-state index in [1.807, 2.05) is 29.2 Å². The fourth-order valence-corrected chi connectivity index (χ4v) is 4.65. The number of nitrogen functional groups attached to an aromatic ring is 1. The molecule has 5 N–H and O–H groups in total. The van der Waals surface area contributed by atoms with Gasteiger partial charge < -0.3 is 26.0 Å². The number of aromatic nitrogens is 2. The molecule has 0 unspecified atom stereocenters. The summed E-state index contributed by atoms with van der Waals surface area (Å²) in [4.78, 5) is 30.6. The van der Waals surface area contributed by atoms with Crippen molar-refractivity contribution in [3.63, 3.8) is 0 Å². The molecule has 1 saturated heterocycles. The van der Waals surface area contributed by atoms with Crippen molar-refractivity contribution < 1.29 is 14.3 Å². The van der Waals surface area contributed by atoms with Gasteiger partial charge in [-0.1, -0.05) is 12.1 Å². The van der Waals surface area contributed by atoms with Crippen LogP contribution in [0.5, 0.6) is 0 Å². The number of nitrogens with zero attached hydrogens (tertiary/aromatic N) is 3. The molecule has 0 spiro atoms. The van der Waals surface area contributed by atoms with E-state index in [1.54, 1.807) is 4.57 Å². The fourth-order valence-electron chi connectivity index (χ4n) is 4.65. The van der Waals surface area contributed by atoms with Crippen LogP contribution in [0.15, 0.2) is 41.3 Å². The molecule has 3 heterocycles. The van der Waals surface area contributed by atoms with Gasteiger partial charge in [0.1, 0.15) is 11.2 Å². The summed E-state index contributed by atoms with van der Waals surface area (Å²) in [5, 5.41) is 9.39. The van der Waals surface area contributed by atoms with Crippen LogP contribution >= 0.6 is 0 Å². The first-order valence-electron chi connectivity index (χ1n) is 10.7. The lowest BCUT2D eigenvalue weighted by Crippen LogP contribution is -2.26. The molecule has 2 atom stereocenters. The molecule has 0 amide bonds. The monoisotopic (exact) mass is 437 g/mol. The van der Waals surface area contributed by atoms with Crippen molar-refractivity contribution in [2.45, 2.75) is 24.8 Å². The summed E-state index contributed by atoms with van der Waals surface area (Å²) < 4.78 is 16.9. The average molecular weight is 437 g/mol. The molecule has 9 heteroatoms. The number of hydrogen-bond donors (Lipinski definition) is 3. The van der Waals surface area contributed by atoms with E-state index in [1.165, 1.54) is 6.20 Å². The highest BCUT2D eigenvalue weighted by Crippen LogP contribution is 2.39. The largest absolute Gasteiger partial charge is 0.477 e. The smallest absolute Gasteiger partial charge is 0.341 e. The van der Waals surface area contributed by atoms with Crippen molar-refractivity contribution in [1.29, 1.82) is 0 Å². The topological polar surface area (TPSA) is 127 Å². The van der Waals surface area contributed by atoms with E-state index in [-0.39, 0.29) is 34.6 Å². The van der Waals surface area contributed by atoms with Gasteiger partial charge in [-0.05, 0) is 49.1 Å². The van der Waals surface area contributed by atoms with Gasteiger partial charge in [-0.25, -0.2) is 14.2 Å². The second-order valence-corrected chi connectivity index (χ2v) is 8.65. The highest BCUT2D eigenvalue weighted by atomic mass is 19.1. The van der Waals surface area contributed by atoms with Crippen molar-refractivity contribution in [2.75, 3.05) is 30.3 Å². The lowest BCUT2D eigenvalue weighted by Gasteiger charge is -2.20. The van der Waals surface area contributed by atoms with Crippen molar-refractivity contribution >= 4 is 28.5 Å². The summed E-state index contributed by atoms with van der Waals surface area (Å²) in [6.45, 7) is 1.50. The predicted molar refractivity (Wildman–Crippen MR) is 120 cm³/mol. The molecule has 0 bridgehead atoms. The maximum Gasteiger partial charge on any atom is 0.341 e. The van der Waals surface area contributed by atoms with Crippen LogP contribution in [0.3, 0.4) is 0 Å². The zero-order chi connectivity index (χ0) is 22.6. The maximum atomic E-state index is 15.2. The summed E-state index contributed by atoms with van der Waals surface area (Å²) in [6.07, 6.45) is 3.07. The van der Waals surface area contributed by atoms with Crippen molar-refractivity contribution in [2.24, 2.45) is 11.7 Å². The lowest BCUT2D eigenvalue weighted by molar-refractivity contribution is 0.0695. The van der Waals surface area contributed by atoms with Gasteiger partial charge >= 0.3 is 5.97 Å². The van der Waals surface area contributed by atoms with Gasteiger partial charge in [0.25, 0.3) is 0 Å². The third kappa shape index (κ3) is 3.38. The zero-order valence-corrected chi connectivity index (χ0v) is 17.4. The lowest BCUT2D eigenvalue weighted by atomic mass is 9.89. The van der Waals surface area contributed by atoms with Crippen LogP contribution in [-0.2, 0) is 0 Å². The minimum atomic E-state index is -1.33. The Morgan fingerprint density at radius 3 is 2.56 bits per heavy atom.